The number of hydrogen-bond donors (Lipinski definition) is 1. The van der Waals surface area contributed by atoms with Crippen molar-refractivity contribution in [2.24, 2.45) is 0 Å². The van der Waals surface area contributed by atoms with Crippen molar-refractivity contribution < 1.29 is 17.9 Å². The molecule has 1 atom stereocenters. The van der Waals surface area contributed by atoms with Gasteiger partial charge in [0.25, 0.3) is 0 Å². The van der Waals surface area contributed by atoms with Crippen molar-refractivity contribution >= 4 is 21.6 Å². The Morgan fingerprint density at radius 2 is 1.85 bits per heavy atom. The predicted molar refractivity (Wildman–Crippen MR) is 101 cm³/mol. The Morgan fingerprint density at radius 3 is 2.35 bits per heavy atom. The average molecular weight is 402 g/mol. The lowest BCUT2D eigenvalue weighted by Crippen LogP contribution is -2.28. The molecule has 0 aliphatic rings. The van der Waals surface area contributed by atoms with Gasteiger partial charge in [0, 0.05) is 29.9 Å². The lowest BCUT2D eigenvalue weighted by molar-refractivity contribution is 0.386. The van der Waals surface area contributed by atoms with E-state index in [2.05, 4.69) is 9.82 Å². The quantitative estimate of drug-likeness (QED) is 0.770. The number of sulfonamides is 1. The lowest BCUT2D eigenvalue weighted by atomic mass is 10.1. The minimum atomic E-state index is -3.88. The van der Waals surface area contributed by atoms with Gasteiger partial charge in [0.2, 0.25) is 10.0 Å². The minimum Gasteiger partial charge on any atom is -0.495 e. The number of halogens is 1. The molecule has 0 fully saturated rings. The molecule has 9 heteroatoms. The summed E-state index contributed by atoms with van der Waals surface area (Å²) in [5.74, 6) is 0.495. The molecule has 0 saturated heterocycles. The van der Waals surface area contributed by atoms with Crippen LogP contribution in [-0.4, -0.2) is 32.4 Å². The van der Waals surface area contributed by atoms with Crippen molar-refractivity contribution in [1.29, 1.82) is 0 Å². The first kappa shape index (κ1) is 20.5. The molecular formula is C17H24ClN3O4S. The van der Waals surface area contributed by atoms with Gasteiger partial charge < -0.3 is 9.47 Å². The summed E-state index contributed by atoms with van der Waals surface area (Å²) < 4.78 is 40.7. The van der Waals surface area contributed by atoms with Crippen LogP contribution in [0.15, 0.2) is 17.0 Å². The maximum absolute atomic E-state index is 12.9. The summed E-state index contributed by atoms with van der Waals surface area (Å²) in [4.78, 5) is -0.0455. The summed E-state index contributed by atoms with van der Waals surface area (Å²) in [7, 11) is -1.04. The van der Waals surface area contributed by atoms with Gasteiger partial charge >= 0.3 is 0 Å². The molecule has 0 amide bonds. The second-order valence-corrected chi connectivity index (χ2v) is 7.97. The van der Waals surface area contributed by atoms with E-state index in [1.807, 2.05) is 25.5 Å². The highest BCUT2D eigenvalue weighted by atomic mass is 35.5. The largest absolute Gasteiger partial charge is 0.495 e. The van der Waals surface area contributed by atoms with Crippen molar-refractivity contribution in [3.63, 3.8) is 0 Å². The Labute approximate surface area is 159 Å². The fourth-order valence-corrected chi connectivity index (χ4v) is 4.74. The van der Waals surface area contributed by atoms with Crippen LogP contribution in [0.5, 0.6) is 11.5 Å². The summed E-state index contributed by atoms with van der Waals surface area (Å²) in [5, 5.41) is 4.63. The summed E-state index contributed by atoms with van der Waals surface area (Å²) in [6.45, 7) is 8.28. The Balaban J connectivity index is 2.43. The number of nitrogens with zero attached hydrogens (tertiary/aromatic N) is 2. The third-order valence-electron chi connectivity index (χ3n) is 4.23. The van der Waals surface area contributed by atoms with E-state index < -0.39 is 16.1 Å². The molecular weight excluding hydrogens is 378 g/mol. The van der Waals surface area contributed by atoms with E-state index >= 15 is 0 Å². The number of rotatable bonds is 7. The summed E-state index contributed by atoms with van der Waals surface area (Å²) in [6.07, 6.45) is 0. The average Bonchev–Trinajstić information content (AvgIpc) is 2.87. The molecule has 0 radical (unpaired) electrons. The van der Waals surface area contributed by atoms with Gasteiger partial charge in [0.1, 0.15) is 16.4 Å². The van der Waals surface area contributed by atoms with Crippen LogP contribution in [0.4, 0.5) is 0 Å². The molecule has 1 N–H and O–H groups in total. The van der Waals surface area contributed by atoms with Gasteiger partial charge in [-0.1, -0.05) is 11.6 Å². The number of hydrogen-bond acceptors (Lipinski definition) is 5. The van der Waals surface area contributed by atoms with E-state index in [9.17, 15) is 8.42 Å². The highest BCUT2D eigenvalue weighted by Gasteiger charge is 2.27. The molecule has 1 aromatic heterocycles. The number of benzene rings is 1. The Morgan fingerprint density at radius 1 is 1.23 bits per heavy atom. The molecule has 144 valence electrons. The molecule has 0 unspecified atom stereocenters. The van der Waals surface area contributed by atoms with Crippen LogP contribution in [0.25, 0.3) is 0 Å². The van der Waals surface area contributed by atoms with Gasteiger partial charge in [0.05, 0.1) is 24.9 Å². The van der Waals surface area contributed by atoms with Crippen molar-refractivity contribution in [1.82, 2.24) is 14.5 Å². The zero-order valence-electron chi connectivity index (χ0n) is 15.8. The van der Waals surface area contributed by atoms with E-state index in [0.717, 1.165) is 17.0 Å². The number of ether oxygens (including phenoxy) is 2. The van der Waals surface area contributed by atoms with Gasteiger partial charge in [-0.05, 0) is 33.8 Å². The monoisotopic (exact) mass is 401 g/mol. The zero-order valence-corrected chi connectivity index (χ0v) is 17.3. The highest BCUT2D eigenvalue weighted by Crippen LogP contribution is 2.35. The topological polar surface area (TPSA) is 82.5 Å². The molecule has 2 rings (SSSR count). The van der Waals surface area contributed by atoms with Crippen LogP contribution in [0.3, 0.4) is 0 Å². The van der Waals surface area contributed by atoms with Crippen LogP contribution >= 0.6 is 11.6 Å². The summed E-state index contributed by atoms with van der Waals surface area (Å²) >= 11 is 6.10. The van der Waals surface area contributed by atoms with E-state index in [0.29, 0.717) is 12.3 Å². The molecule has 0 saturated carbocycles. The Hall–Kier alpha value is -1.77. The van der Waals surface area contributed by atoms with Crippen molar-refractivity contribution in [3.05, 3.63) is 34.1 Å². The fraction of sp³-hybridized carbons (Fsp3) is 0.471. The first-order valence-electron chi connectivity index (χ1n) is 8.14. The van der Waals surface area contributed by atoms with Crippen molar-refractivity contribution in [3.8, 4) is 11.5 Å². The summed E-state index contributed by atoms with van der Waals surface area (Å²) in [5.41, 5.74) is 2.58. The second-order valence-electron chi connectivity index (χ2n) is 5.88. The van der Waals surface area contributed by atoms with Gasteiger partial charge in [-0.25, -0.2) is 13.1 Å². The number of aryl methyl sites for hydroxylation is 2. The van der Waals surface area contributed by atoms with E-state index in [-0.39, 0.29) is 15.7 Å². The highest BCUT2D eigenvalue weighted by molar-refractivity contribution is 7.89. The third kappa shape index (κ3) is 3.82. The van der Waals surface area contributed by atoms with Gasteiger partial charge in [-0.2, -0.15) is 5.10 Å². The molecule has 1 aromatic carbocycles. The van der Waals surface area contributed by atoms with Crippen molar-refractivity contribution in [2.45, 2.75) is 45.2 Å². The normalized spacial score (nSPS) is 12.9. The maximum atomic E-state index is 12.9. The number of nitrogens with one attached hydrogen (secondary N) is 1. The number of aromatic nitrogens is 2. The van der Waals surface area contributed by atoms with Gasteiger partial charge in [-0.3, -0.25) is 4.68 Å². The first-order chi connectivity index (χ1) is 12.2. The Bertz CT molecular complexity index is 909. The van der Waals surface area contributed by atoms with Crippen LogP contribution in [-0.2, 0) is 16.6 Å². The number of methoxy groups -OCH3 is 2. The third-order valence-corrected chi connectivity index (χ3v) is 6.09. The van der Waals surface area contributed by atoms with E-state index in [1.165, 1.54) is 26.4 Å². The van der Waals surface area contributed by atoms with Gasteiger partial charge in [-0.15, -0.1) is 0 Å². The van der Waals surface area contributed by atoms with Crippen LogP contribution in [0.1, 0.15) is 36.8 Å². The fourth-order valence-electron chi connectivity index (χ4n) is 3.04. The van der Waals surface area contributed by atoms with Crippen LogP contribution in [0, 0.1) is 13.8 Å². The second kappa shape index (κ2) is 7.85. The molecule has 26 heavy (non-hydrogen) atoms. The molecule has 0 bridgehead atoms. The first-order valence-corrected chi connectivity index (χ1v) is 10.00. The molecule has 0 aliphatic heterocycles. The molecule has 0 aliphatic carbocycles. The van der Waals surface area contributed by atoms with Crippen LogP contribution in [0.2, 0.25) is 5.02 Å². The molecule has 2 aromatic rings. The van der Waals surface area contributed by atoms with E-state index in [4.69, 9.17) is 21.1 Å². The van der Waals surface area contributed by atoms with Crippen molar-refractivity contribution in [2.75, 3.05) is 14.2 Å². The van der Waals surface area contributed by atoms with Crippen LogP contribution < -0.4 is 14.2 Å². The molecule has 1 heterocycles. The SMILES string of the molecule is CCn1nc(C)c([C@@H](C)NS(=O)(=O)c2cc(Cl)c(OC)cc2OC)c1C. The minimum absolute atomic E-state index is 0.0455. The molecule has 7 nitrogen and oxygen atoms in total. The van der Waals surface area contributed by atoms with Gasteiger partial charge in [0.15, 0.2) is 0 Å². The standard InChI is InChI=1S/C17H24ClN3O4S/c1-7-21-12(4)17(10(2)19-21)11(3)20-26(22,23)16-8-13(18)14(24-5)9-15(16)25-6/h8-9,11,20H,7H2,1-6H3/t11-/m1/s1. The smallest absolute Gasteiger partial charge is 0.244 e. The Kier molecular flexibility index (Phi) is 6.21. The zero-order chi connectivity index (χ0) is 19.6. The lowest BCUT2D eigenvalue weighted by Gasteiger charge is -2.17. The summed E-state index contributed by atoms with van der Waals surface area (Å²) in [6, 6.07) is 2.31. The molecule has 0 spiro atoms. The predicted octanol–water partition coefficient (Wildman–Crippen LogP) is 3.23. The maximum Gasteiger partial charge on any atom is 0.244 e. The van der Waals surface area contributed by atoms with E-state index in [1.54, 1.807) is 6.92 Å².